The molecule has 1 saturated carbocycles. The van der Waals surface area contributed by atoms with Crippen LogP contribution < -0.4 is 5.73 Å². The van der Waals surface area contributed by atoms with E-state index < -0.39 is 0 Å². The van der Waals surface area contributed by atoms with Crippen LogP contribution in [-0.4, -0.2) is 0 Å². The third-order valence-electron chi connectivity index (χ3n) is 2.45. The molecule has 1 aromatic carbocycles. The number of aryl methyl sites for hydroxylation is 1. The molecule has 2 rings (SSSR count). The molecule has 0 aromatic heterocycles. The molecular formula is C10H13Cl2N. The minimum Gasteiger partial charge on any atom is -0.321 e. The molecule has 0 radical (unpaired) electrons. The maximum absolute atomic E-state index is 6.05. The molecule has 1 nitrogen and oxygen atoms in total. The molecule has 0 unspecified atom stereocenters. The highest BCUT2D eigenvalue weighted by Crippen LogP contribution is 2.45. The van der Waals surface area contributed by atoms with Gasteiger partial charge in [-0.25, -0.2) is 0 Å². The zero-order valence-electron chi connectivity index (χ0n) is 7.51. The standard InChI is InChI=1S/C10H12ClN.ClH/c1-7-2-3-9(11)8(6-7)10(12)4-5-10;/h2-3,6H,4-5,12H2,1H3;1H. The van der Waals surface area contributed by atoms with Crippen LogP contribution in [0.4, 0.5) is 0 Å². The van der Waals surface area contributed by atoms with E-state index in [1.807, 2.05) is 12.1 Å². The maximum atomic E-state index is 6.05. The fourth-order valence-electron chi connectivity index (χ4n) is 1.42. The number of hydrogen-bond acceptors (Lipinski definition) is 1. The van der Waals surface area contributed by atoms with E-state index in [0.29, 0.717) is 0 Å². The quantitative estimate of drug-likeness (QED) is 0.770. The second-order valence-electron chi connectivity index (χ2n) is 3.64. The third-order valence-corrected chi connectivity index (χ3v) is 2.78. The number of hydrogen-bond donors (Lipinski definition) is 1. The minimum atomic E-state index is -0.108. The molecule has 1 aliphatic rings. The Balaban J connectivity index is 0.000000845. The average molecular weight is 218 g/mol. The highest BCUT2D eigenvalue weighted by atomic mass is 35.5. The summed E-state index contributed by atoms with van der Waals surface area (Å²) in [7, 11) is 0. The molecule has 3 heteroatoms. The predicted molar refractivity (Wildman–Crippen MR) is 58.5 cm³/mol. The van der Waals surface area contributed by atoms with Gasteiger partial charge in [-0.1, -0.05) is 29.3 Å². The van der Waals surface area contributed by atoms with Crippen molar-refractivity contribution in [2.45, 2.75) is 25.3 Å². The lowest BCUT2D eigenvalue weighted by Crippen LogP contribution is -2.19. The third kappa shape index (κ3) is 1.98. The van der Waals surface area contributed by atoms with Crippen molar-refractivity contribution in [3.05, 3.63) is 34.3 Å². The van der Waals surface area contributed by atoms with Crippen molar-refractivity contribution in [2.24, 2.45) is 5.73 Å². The van der Waals surface area contributed by atoms with Gasteiger partial charge in [-0.3, -0.25) is 0 Å². The van der Waals surface area contributed by atoms with Crippen LogP contribution in [0.3, 0.4) is 0 Å². The molecular weight excluding hydrogens is 205 g/mol. The molecule has 13 heavy (non-hydrogen) atoms. The normalized spacial score (nSPS) is 17.8. The molecule has 0 amide bonds. The van der Waals surface area contributed by atoms with Crippen molar-refractivity contribution in [1.82, 2.24) is 0 Å². The van der Waals surface area contributed by atoms with Gasteiger partial charge < -0.3 is 5.73 Å². The predicted octanol–water partition coefficient (Wildman–Crippen LogP) is 3.02. The summed E-state index contributed by atoms with van der Waals surface area (Å²) in [6, 6.07) is 6.03. The van der Waals surface area contributed by atoms with E-state index in [1.54, 1.807) is 0 Å². The largest absolute Gasteiger partial charge is 0.321 e. The van der Waals surface area contributed by atoms with Crippen molar-refractivity contribution in [3.63, 3.8) is 0 Å². The lowest BCUT2D eigenvalue weighted by molar-refractivity contribution is 0.739. The van der Waals surface area contributed by atoms with Gasteiger partial charge in [0.05, 0.1) is 0 Å². The summed E-state index contributed by atoms with van der Waals surface area (Å²) in [4.78, 5) is 0. The Labute approximate surface area is 89.7 Å². The Bertz CT molecular complexity index is 319. The van der Waals surface area contributed by atoms with Gasteiger partial charge in [0.2, 0.25) is 0 Å². The van der Waals surface area contributed by atoms with Crippen molar-refractivity contribution in [1.29, 1.82) is 0 Å². The first-order valence-electron chi connectivity index (χ1n) is 4.17. The average Bonchev–Trinajstić information content (AvgIpc) is 2.75. The van der Waals surface area contributed by atoms with Gasteiger partial charge in [0, 0.05) is 10.6 Å². The summed E-state index contributed by atoms with van der Waals surface area (Å²) >= 11 is 6.04. The lowest BCUT2D eigenvalue weighted by atomic mass is 10.0. The van der Waals surface area contributed by atoms with E-state index in [9.17, 15) is 0 Å². The first kappa shape index (κ1) is 10.8. The minimum absolute atomic E-state index is 0. The van der Waals surface area contributed by atoms with Crippen LogP contribution in [-0.2, 0) is 5.54 Å². The molecule has 0 heterocycles. The summed E-state index contributed by atoms with van der Waals surface area (Å²) in [6.07, 6.45) is 2.13. The zero-order chi connectivity index (χ0) is 8.77. The first-order valence-corrected chi connectivity index (χ1v) is 4.55. The second kappa shape index (κ2) is 3.49. The van der Waals surface area contributed by atoms with Crippen LogP contribution in [0.2, 0.25) is 5.02 Å². The van der Waals surface area contributed by atoms with Crippen LogP contribution in [0.1, 0.15) is 24.0 Å². The maximum Gasteiger partial charge on any atom is 0.0456 e. The molecule has 0 aliphatic heterocycles. The highest BCUT2D eigenvalue weighted by Gasteiger charge is 2.41. The van der Waals surface area contributed by atoms with E-state index in [4.69, 9.17) is 17.3 Å². The molecule has 0 saturated heterocycles. The summed E-state index contributed by atoms with van der Waals surface area (Å²) < 4.78 is 0. The van der Waals surface area contributed by atoms with Gasteiger partial charge in [-0.2, -0.15) is 0 Å². The Morgan fingerprint density at radius 1 is 1.38 bits per heavy atom. The number of rotatable bonds is 1. The van der Waals surface area contributed by atoms with E-state index in [2.05, 4.69) is 13.0 Å². The second-order valence-corrected chi connectivity index (χ2v) is 4.05. The molecule has 72 valence electrons. The van der Waals surface area contributed by atoms with E-state index in [-0.39, 0.29) is 17.9 Å². The van der Waals surface area contributed by atoms with E-state index in [0.717, 1.165) is 23.4 Å². The number of nitrogens with two attached hydrogens (primary N) is 1. The number of halogens is 2. The Kier molecular flexibility index (Phi) is 2.91. The molecule has 1 aromatic rings. The lowest BCUT2D eigenvalue weighted by Gasteiger charge is -2.11. The highest BCUT2D eigenvalue weighted by molar-refractivity contribution is 6.31. The summed E-state index contributed by atoms with van der Waals surface area (Å²) in [5.41, 5.74) is 8.29. The van der Waals surface area contributed by atoms with Crippen LogP contribution in [0.25, 0.3) is 0 Å². The SMILES string of the molecule is Cc1ccc(Cl)c(C2(N)CC2)c1.Cl. The summed E-state index contributed by atoms with van der Waals surface area (Å²) in [6.45, 7) is 2.06. The van der Waals surface area contributed by atoms with Gasteiger partial charge in [-0.15, -0.1) is 12.4 Å². The van der Waals surface area contributed by atoms with Crippen molar-refractivity contribution in [3.8, 4) is 0 Å². The molecule has 1 aliphatic carbocycles. The Hall–Kier alpha value is -0.240. The smallest absolute Gasteiger partial charge is 0.0456 e. The van der Waals surface area contributed by atoms with Crippen LogP contribution >= 0.6 is 24.0 Å². The van der Waals surface area contributed by atoms with Gasteiger partial charge in [0.15, 0.2) is 0 Å². The van der Waals surface area contributed by atoms with Crippen LogP contribution in [0.5, 0.6) is 0 Å². The zero-order valence-corrected chi connectivity index (χ0v) is 9.08. The van der Waals surface area contributed by atoms with Crippen LogP contribution in [0.15, 0.2) is 18.2 Å². The summed E-state index contributed by atoms with van der Waals surface area (Å²) in [5, 5.41) is 0.806. The monoisotopic (exact) mass is 217 g/mol. The van der Waals surface area contributed by atoms with Crippen molar-refractivity contribution < 1.29 is 0 Å². The van der Waals surface area contributed by atoms with E-state index >= 15 is 0 Å². The molecule has 0 atom stereocenters. The molecule has 1 fully saturated rings. The fourth-order valence-corrected chi connectivity index (χ4v) is 1.73. The fraction of sp³-hybridized carbons (Fsp3) is 0.400. The van der Waals surface area contributed by atoms with Gasteiger partial charge >= 0.3 is 0 Å². The topological polar surface area (TPSA) is 26.0 Å². The summed E-state index contributed by atoms with van der Waals surface area (Å²) in [5.74, 6) is 0. The first-order chi connectivity index (χ1) is 5.62. The Morgan fingerprint density at radius 3 is 2.54 bits per heavy atom. The molecule has 0 bridgehead atoms. The molecule has 2 N–H and O–H groups in total. The van der Waals surface area contributed by atoms with Crippen molar-refractivity contribution in [2.75, 3.05) is 0 Å². The van der Waals surface area contributed by atoms with Gasteiger partial charge in [0.1, 0.15) is 0 Å². The van der Waals surface area contributed by atoms with Gasteiger partial charge in [0.25, 0.3) is 0 Å². The molecule has 0 spiro atoms. The van der Waals surface area contributed by atoms with Crippen molar-refractivity contribution >= 4 is 24.0 Å². The van der Waals surface area contributed by atoms with E-state index in [1.165, 1.54) is 5.56 Å². The number of benzene rings is 1. The van der Waals surface area contributed by atoms with Crippen LogP contribution in [0, 0.1) is 6.92 Å². The van der Waals surface area contributed by atoms with Gasteiger partial charge in [-0.05, 0) is 31.4 Å². The Morgan fingerprint density at radius 2 is 2.00 bits per heavy atom.